The Hall–Kier alpha value is -3.64. The molecule has 0 aliphatic carbocycles. The van der Waals surface area contributed by atoms with Crippen molar-refractivity contribution in [2.24, 2.45) is 0 Å². The van der Waals surface area contributed by atoms with Gasteiger partial charge in [0.1, 0.15) is 5.75 Å². The van der Waals surface area contributed by atoms with E-state index in [4.69, 9.17) is 4.74 Å². The van der Waals surface area contributed by atoms with Gasteiger partial charge in [0, 0.05) is 44.9 Å². The van der Waals surface area contributed by atoms with Crippen molar-refractivity contribution in [1.82, 2.24) is 15.5 Å². The second kappa shape index (κ2) is 13.2. The molecule has 1 heterocycles. The first-order valence-corrected chi connectivity index (χ1v) is 13.5. The summed E-state index contributed by atoms with van der Waals surface area (Å²) in [4.78, 5) is 27.5. The molecular weight excluding hydrogens is 474 g/mol. The summed E-state index contributed by atoms with van der Waals surface area (Å²) < 4.78 is 6.46. The highest BCUT2D eigenvalue weighted by Gasteiger charge is 2.27. The van der Waals surface area contributed by atoms with Crippen molar-refractivity contribution >= 4 is 11.8 Å². The summed E-state index contributed by atoms with van der Waals surface area (Å²) in [5.74, 6) is 0.663. The zero-order chi connectivity index (χ0) is 26.9. The van der Waals surface area contributed by atoms with Crippen LogP contribution in [-0.2, 0) is 22.4 Å². The van der Waals surface area contributed by atoms with Crippen LogP contribution in [0.1, 0.15) is 48.4 Å². The highest BCUT2D eigenvalue weighted by Crippen LogP contribution is 2.28. The van der Waals surface area contributed by atoms with E-state index in [1.54, 1.807) is 0 Å². The van der Waals surface area contributed by atoms with Gasteiger partial charge < -0.3 is 20.3 Å². The molecule has 3 unspecified atom stereocenters. The number of ether oxygens (including phenoxy) is 1. The second-order valence-electron chi connectivity index (χ2n) is 10.2. The Morgan fingerprint density at radius 2 is 1.76 bits per heavy atom. The Morgan fingerprint density at radius 1 is 1.05 bits per heavy atom. The largest absolute Gasteiger partial charge is 0.470 e. The lowest BCUT2D eigenvalue weighted by Gasteiger charge is -2.36. The molecule has 1 saturated heterocycles. The van der Waals surface area contributed by atoms with Crippen LogP contribution < -0.4 is 15.4 Å². The zero-order valence-corrected chi connectivity index (χ0v) is 22.7. The minimum absolute atomic E-state index is 0.0605. The number of rotatable bonds is 10. The van der Waals surface area contributed by atoms with Gasteiger partial charge in [-0.25, -0.2) is 0 Å². The summed E-state index contributed by atoms with van der Waals surface area (Å²) >= 11 is 0. The Kier molecular flexibility index (Phi) is 9.55. The SMILES string of the molecule is CC(=O)NC(Oc1cc(C)ccc1CCC(=O)N1CCNCC1Cc1ccccc1)C(C)c1ccccc1. The summed E-state index contributed by atoms with van der Waals surface area (Å²) in [5.41, 5.74) is 4.35. The number of benzene rings is 3. The van der Waals surface area contributed by atoms with Crippen LogP contribution in [0.15, 0.2) is 78.9 Å². The number of hydrogen-bond acceptors (Lipinski definition) is 4. The fourth-order valence-electron chi connectivity index (χ4n) is 5.05. The topological polar surface area (TPSA) is 70.7 Å². The van der Waals surface area contributed by atoms with Gasteiger partial charge in [0.25, 0.3) is 0 Å². The van der Waals surface area contributed by atoms with Crippen molar-refractivity contribution in [2.45, 2.75) is 58.2 Å². The zero-order valence-electron chi connectivity index (χ0n) is 22.7. The van der Waals surface area contributed by atoms with Crippen LogP contribution in [0.5, 0.6) is 5.75 Å². The van der Waals surface area contributed by atoms with Crippen LogP contribution in [0, 0.1) is 6.92 Å². The number of nitrogens with one attached hydrogen (secondary N) is 2. The van der Waals surface area contributed by atoms with E-state index in [1.807, 2.05) is 85.5 Å². The molecule has 4 rings (SSSR count). The third kappa shape index (κ3) is 7.45. The maximum Gasteiger partial charge on any atom is 0.223 e. The van der Waals surface area contributed by atoms with Crippen LogP contribution in [0.4, 0.5) is 0 Å². The van der Waals surface area contributed by atoms with Gasteiger partial charge in [-0.15, -0.1) is 0 Å². The third-order valence-corrected chi connectivity index (χ3v) is 7.19. The van der Waals surface area contributed by atoms with Crippen molar-refractivity contribution in [3.63, 3.8) is 0 Å². The van der Waals surface area contributed by atoms with Crippen molar-refractivity contribution in [3.05, 3.63) is 101 Å². The van der Waals surface area contributed by atoms with Gasteiger partial charge in [0.15, 0.2) is 6.23 Å². The van der Waals surface area contributed by atoms with Crippen molar-refractivity contribution in [3.8, 4) is 5.75 Å². The molecular formula is C32H39N3O3. The molecule has 0 bridgehead atoms. The minimum atomic E-state index is -0.533. The van der Waals surface area contributed by atoms with Crippen LogP contribution >= 0.6 is 0 Å². The van der Waals surface area contributed by atoms with Gasteiger partial charge >= 0.3 is 0 Å². The van der Waals surface area contributed by atoms with E-state index in [1.165, 1.54) is 12.5 Å². The summed E-state index contributed by atoms with van der Waals surface area (Å²) in [6.45, 7) is 7.90. The fraction of sp³-hybridized carbons (Fsp3) is 0.375. The van der Waals surface area contributed by atoms with Crippen LogP contribution in [0.2, 0.25) is 0 Å². The molecule has 2 amide bonds. The van der Waals surface area contributed by atoms with Crippen LogP contribution in [0.3, 0.4) is 0 Å². The average Bonchev–Trinajstić information content (AvgIpc) is 2.93. The van der Waals surface area contributed by atoms with Gasteiger partial charge in [-0.1, -0.05) is 79.7 Å². The minimum Gasteiger partial charge on any atom is -0.470 e. The first kappa shape index (κ1) is 27.4. The predicted molar refractivity (Wildman–Crippen MR) is 151 cm³/mol. The van der Waals surface area contributed by atoms with E-state index in [0.29, 0.717) is 25.1 Å². The van der Waals surface area contributed by atoms with Crippen LogP contribution in [0.25, 0.3) is 0 Å². The number of aryl methyl sites for hydroxylation is 2. The van der Waals surface area contributed by atoms with Gasteiger partial charge in [-0.2, -0.15) is 0 Å². The highest BCUT2D eigenvalue weighted by molar-refractivity contribution is 5.77. The van der Waals surface area contributed by atoms with E-state index in [-0.39, 0.29) is 23.8 Å². The van der Waals surface area contributed by atoms with Gasteiger partial charge in [-0.05, 0) is 48.1 Å². The molecule has 1 aliphatic rings. The van der Waals surface area contributed by atoms with Crippen molar-refractivity contribution in [1.29, 1.82) is 0 Å². The molecule has 1 aliphatic heterocycles. The molecule has 1 fully saturated rings. The quantitative estimate of drug-likeness (QED) is 0.388. The molecule has 0 radical (unpaired) electrons. The monoisotopic (exact) mass is 513 g/mol. The van der Waals surface area contributed by atoms with Gasteiger partial charge in [0.2, 0.25) is 11.8 Å². The van der Waals surface area contributed by atoms with Gasteiger partial charge in [-0.3, -0.25) is 9.59 Å². The van der Waals surface area contributed by atoms with E-state index in [9.17, 15) is 9.59 Å². The molecule has 200 valence electrons. The van der Waals surface area contributed by atoms with Crippen molar-refractivity contribution < 1.29 is 14.3 Å². The first-order chi connectivity index (χ1) is 18.4. The Labute approximate surface area is 226 Å². The summed E-state index contributed by atoms with van der Waals surface area (Å²) in [6.07, 6.45) is 1.29. The smallest absolute Gasteiger partial charge is 0.223 e. The molecule has 0 aromatic heterocycles. The van der Waals surface area contributed by atoms with Crippen LogP contribution in [-0.4, -0.2) is 48.6 Å². The highest BCUT2D eigenvalue weighted by atomic mass is 16.5. The standard InChI is InChI=1S/C32H39N3O3/c1-23-14-15-28(30(20-23)38-32(34-25(3)36)24(2)27-12-8-5-9-13-27)16-17-31(37)35-19-18-33-22-29(35)21-26-10-6-4-7-11-26/h4-15,20,24,29,32-33H,16-19,21-22H2,1-3H3,(H,34,36). The number of hydrogen-bond donors (Lipinski definition) is 2. The van der Waals surface area contributed by atoms with Crippen molar-refractivity contribution in [2.75, 3.05) is 19.6 Å². The van der Waals surface area contributed by atoms with Gasteiger partial charge in [0.05, 0.1) is 0 Å². The summed E-state index contributed by atoms with van der Waals surface area (Å²) in [5, 5.41) is 6.42. The maximum atomic E-state index is 13.4. The Morgan fingerprint density at radius 3 is 2.47 bits per heavy atom. The lowest BCUT2D eigenvalue weighted by atomic mass is 9.99. The first-order valence-electron chi connectivity index (χ1n) is 13.5. The summed E-state index contributed by atoms with van der Waals surface area (Å²) in [7, 11) is 0. The normalized spacial score (nSPS) is 16.9. The molecule has 6 nitrogen and oxygen atoms in total. The number of amides is 2. The number of piperazine rings is 1. The van der Waals surface area contributed by atoms with E-state index < -0.39 is 6.23 Å². The molecule has 3 atom stereocenters. The molecule has 3 aromatic rings. The third-order valence-electron chi connectivity index (χ3n) is 7.19. The Bertz CT molecular complexity index is 1200. The summed E-state index contributed by atoms with van der Waals surface area (Å²) in [6, 6.07) is 26.6. The average molecular weight is 514 g/mol. The Balaban J connectivity index is 1.47. The molecule has 38 heavy (non-hydrogen) atoms. The molecule has 3 aromatic carbocycles. The molecule has 6 heteroatoms. The van der Waals surface area contributed by atoms with E-state index >= 15 is 0 Å². The molecule has 2 N–H and O–H groups in total. The lowest BCUT2D eigenvalue weighted by Crippen LogP contribution is -2.54. The lowest BCUT2D eigenvalue weighted by molar-refractivity contribution is -0.134. The predicted octanol–water partition coefficient (Wildman–Crippen LogP) is 4.62. The molecule has 0 spiro atoms. The number of carbonyl (C=O) groups is 2. The molecule has 0 saturated carbocycles. The number of nitrogens with zero attached hydrogens (tertiary/aromatic N) is 1. The number of carbonyl (C=O) groups excluding carboxylic acids is 2. The van der Waals surface area contributed by atoms with E-state index in [2.05, 4.69) is 22.8 Å². The second-order valence-corrected chi connectivity index (χ2v) is 10.2. The fourth-order valence-corrected chi connectivity index (χ4v) is 5.05. The maximum absolute atomic E-state index is 13.4. The van der Waals surface area contributed by atoms with E-state index in [0.717, 1.165) is 36.2 Å².